The summed E-state index contributed by atoms with van der Waals surface area (Å²) in [6.07, 6.45) is -2.64. The molecule has 0 aromatic heterocycles. The summed E-state index contributed by atoms with van der Waals surface area (Å²) >= 11 is 1.86. The number of hydrogen-bond donors (Lipinski definition) is 0. The Labute approximate surface area is 84.0 Å². The van der Waals surface area contributed by atoms with E-state index in [2.05, 4.69) is 0 Å². The average molecular weight is 292 g/mol. The molecule has 0 amide bonds. The second-order valence-corrected chi connectivity index (χ2v) is 4.52. The van der Waals surface area contributed by atoms with Crippen molar-refractivity contribution >= 4 is 22.6 Å². The lowest BCUT2D eigenvalue weighted by atomic mass is 9.87. The van der Waals surface area contributed by atoms with Crippen LogP contribution in [0, 0.1) is 11.3 Å². The largest absolute Gasteiger partial charge is 0.395 e. The Hall–Kier alpha value is 0.520. The molecular weight excluding hydrogens is 280 g/mol. The molecule has 0 spiro atoms. The zero-order valence-corrected chi connectivity index (χ0v) is 9.08. The molecule has 0 saturated heterocycles. The highest BCUT2D eigenvalue weighted by Crippen LogP contribution is 2.53. The maximum atomic E-state index is 12.6. The minimum Gasteiger partial charge on any atom is -0.170 e. The predicted molar refractivity (Wildman–Crippen MR) is 50.4 cm³/mol. The van der Waals surface area contributed by atoms with Crippen molar-refractivity contribution in [1.29, 1.82) is 0 Å². The van der Waals surface area contributed by atoms with E-state index in [1.807, 2.05) is 29.5 Å². The van der Waals surface area contributed by atoms with Crippen LogP contribution in [0.5, 0.6) is 0 Å². The van der Waals surface area contributed by atoms with Gasteiger partial charge in [-0.3, -0.25) is 0 Å². The number of hydrogen-bond acceptors (Lipinski definition) is 0. The van der Waals surface area contributed by atoms with E-state index in [1.165, 1.54) is 0 Å². The van der Waals surface area contributed by atoms with Gasteiger partial charge >= 0.3 is 6.18 Å². The topological polar surface area (TPSA) is 0 Å². The van der Waals surface area contributed by atoms with Crippen LogP contribution in [-0.2, 0) is 0 Å². The molecule has 0 bridgehead atoms. The van der Waals surface area contributed by atoms with Gasteiger partial charge in [0.1, 0.15) is 0 Å². The van der Waals surface area contributed by atoms with E-state index in [1.54, 1.807) is 0 Å². The second kappa shape index (κ2) is 3.35. The normalized spacial score (nSPS) is 37.2. The molecule has 0 heterocycles. The lowest BCUT2D eigenvalue weighted by Gasteiger charge is -2.29. The zero-order chi connectivity index (χ0) is 9.41. The zero-order valence-electron chi connectivity index (χ0n) is 6.92. The minimum atomic E-state index is -4.00. The smallest absolute Gasteiger partial charge is 0.170 e. The molecule has 1 saturated carbocycles. The maximum Gasteiger partial charge on any atom is 0.395 e. The Balaban J connectivity index is 2.78. The third kappa shape index (κ3) is 1.72. The van der Waals surface area contributed by atoms with E-state index < -0.39 is 11.6 Å². The van der Waals surface area contributed by atoms with Crippen molar-refractivity contribution in [3.63, 3.8) is 0 Å². The van der Waals surface area contributed by atoms with Crippen LogP contribution in [0.4, 0.5) is 13.2 Å². The van der Waals surface area contributed by atoms with Crippen molar-refractivity contribution in [1.82, 2.24) is 0 Å². The fourth-order valence-electron chi connectivity index (χ4n) is 1.85. The Morgan fingerprint density at radius 1 is 1.50 bits per heavy atom. The number of halogens is 4. The first-order valence-electron chi connectivity index (χ1n) is 4.04. The van der Waals surface area contributed by atoms with Crippen LogP contribution in [-0.4, -0.2) is 10.6 Å². The van der Waals surface area contributed by atoms with Gasteiger partial charge in [-0.15, -0.1) is 0 Å². The third-order valence-corrected chi connectivity index (χ3v) is 4.17. The standard InChI is InChI=1S/C8H12F3I/c1-6-2-3-7(4-6,5-12)8(9,10)11/h6H,2-5H2,1H3. The molecule has 1 fully saturated rings. The van der Waals surface area contributed by atoms with Gasteiger partial charge in [-0.05, 0) is 25.2 Å². The quantitative estimate of drug-likeness (QED) is 0.509. The first-order chi connectivity index (χ1) is 5.41. The highest BCUT2D eigenvalue weighted by molar-refractivity contribution is 14.1. The van der Waals surface area contributed by atoms with Gasteiger partial charge in [0.25, 0.3) is 0 Å². The van der Waals surface area contributed by atoms with Gasteiger partial charge in [0, 0.05) is 4.43 Å². The molecule has 2 unspecified atom stereocenters. The van der Waals surface area contributed by atoms with Crippen molar-refractivity contribution in [3.8, 4) is 0 Å². The van der Waals surface area contributed by atoms with Crippen LogP contribution in [0.25, 0.3) is 0 Å². The average Bonchev–Trinajstić information content (AvgIpc) is 2.31. The second-order valence-electron chi connectivity index (χ2n) is 3.76. The summed E-state index contributed by atoms with van der Waals surface area (Å²) in [6.45, 7) is 1.90. The first-order valence-corrected chi connectivity index (χ1v) is 5.56. The van der Waals surface area contributed by atoms with Crippen molar-refractivity contribution in [2.24, 2.45) is 11.3 Å². The number of rotatable bonds is 1. The first kappa shape index (κ1) is 10.6. The molecule has 0 N–H and O–H groups in total. The van der Waals surface area contributed by atoms with Crippen molar-refractivity contribution in [3.05, 3.63) is 0 Å². The van der Waals surface area contributed by atoms with Crippen LogP contribution in [0.1, 0.15) is 26.2 Å². The molecule has 0 aromatic rings. The summed E-state index contributed by atoms with van der Waals surface area (Å²) in [4.78, 5) is 0. The van der Waals surface area contributed by atoms with Crippen molar-refractivity contribution in [2.45, 2.75) is 32.4 Å². The van der Waals surface area contributed by atoms with E-state index in [0.29, 0.717) is 12.8 Å². The van der Waals surface area contributed by atoms with Gasteiger partial charge in [-0.25, -0.2) is 0 Å². The van der Waals surface area contributed by atoms with Crippen LogP contribution >= 0.6 is 22.6 Å². The summed E-state index contributed by atoms with van der Waals surface area (Å²) in [5, 5.41) is 0. The van der Waals surface area contributed by atoms with E-state index in [-0.39, 0.29) is 10.3 Å². The Kier molecular flexibility index (Phi) is 2.96. The summed E-state index contributed by atoms with van der Waals surface area (Å²) in [5.74, 6) is 0.237. The molecule has 1 aliphatic carbocycles. The molecule has 0 nitrogen and oxygen atoms in total. The Morgan fingerprint density at radius 2 is 2.08 bits per heavy atom. The van der Waals surface area contributed by atoms with Crippen molar-refractivity contribution < 1.29 is 13.2 Å². The van der Waals surface area contributed by atoms with Crippen LogP contribution < -0.4 is 0 Å². The minimum absolute atomic E-state index is 0.207. The summed E-state index contributed by atoms with van der Waals surface area (Å²) in [5.41, 5.74) is -1.37. The van der Waals surface area contributed by atoms with Crippen molar-refractivity contribution in [2.75, 3.05) is 4.43 Å². The van der Waals surface area contributed by atoms with Gasteiger partial charge in [0.2, 0.25) is 0 Å². The molecule has 0 aromatic carbocycles. The maximum absolute atomic E-state index is 12.6. The lowest BCUT2D eigenvalue weighted by molar-refractivity contribution is -0.213. The van der Waals surface area contributed by atoms with Gasteiger partial charge in [0.05, 0.1) is 5.41 Å². The van der Waals surface area contributed by atoms with Crippen LogP contribution in [0.3, 0.4) is 0 Å². The monoisotopic (exact) mass is 292 g/mol. The molecule has 2 atom stereocenters. The predicted octanol–water partition coefficient (Wildman–Crippen LogP) is 3.79. The van der Waals surface area contributed by atoms with Gasteiger partial charge in [-0.1, -0.05) is 29.5 Å². The van der Waals surface area contributed by atoms with Gasteiger partial charge < -0.3 is 0 Å². The summed E-state index contributed by atoms with van der Waals surface area (Å²) < 4.78 is 38.0. The fraction of sp³-hybridized carbons (Fsp3) is 1.00. The van der Waals surface area contributed by atoms with Crippen LogP contribution in [0.15, 0.2) is 0 Å². The van der Waals surface area contributed by atoms with E-state index in [9.17, 15) is 13.2 Å². The summed E-state index contributed by atoms with van der Waals surface area (Å²) in [7, 11) is 0. The fourth-order valence-corrected chi connectivity index (χ4v) is 2.97. The highest BCUT2D eigenvalue weighted by atomic mass is 127. The van der Waals surface area contributed by atoms with E-state index >= 15 is 0 Å². The van der Waals surface area contributed by atoms with E-state index in [0.717, 1.165) is 6.42 Å². The SMILES string of the molecule is CC1CCC(CI)(C(F)(F)F)C1. The summed E-state index contributed by atoms with van der Waals surface area (Å²) in [6, 6.07) is 0. The molecule has 4 heteroatoms. The van der Waals surface area contributed by atoms with Gasteiger partial charge in [0.15, 0.2) is 0 Å². The third-order valence-electron chi connectivity index (χ3n) is 2.71. The van der Waals surface area contributed by atoms with Gasteiger partial charge in [-0.2, -0.15) is 13.2 Å². The molecule has 12 heavy (non-hydrogen) atoms. The van der Waals surface area contributed by atoms with E-state index in [4.69, 9.17) is 0 Å². The number of alkyl halides is 4. The van der Waals surface area contributed by atoms with Crippen LogP contribution in [0.2, 0.25) is 0 Å². The highest BCUT2D eigenvalue weighted by Gasteiger charge is 2.56. The molecule has 0 radical (unpaired) electrons. The Bertz CT molecular complexity index is 166. The molecule has 72 valence electrons. The Morgan fingerprint density at radius 3 is 2.25 bits per heavy atom. The molecular formula is C8H12F3I. The molecule has 0 aliphatic heterocycles. The lowest BCUT2D eigenvalue weighted by Crippen LogP contribution is -2.37. The molecule has 1 rings (SSSR count). The molecule has 1 aliphatic rings.